The van der Waals surface area contributed by atoms with E-state index in [1.807, 2.05) is 13.1 Å². The number of amides is 1. The molecule has 26 heavy (non-hydrogen) atoms. The van der Waals surface area contributed by atoms with Gasteiger partial charge in [0.25, 0.3) is 0 Å². The molecular weight excluding hydrogens is 375 g/mol. The van der Waals surface area contributed by atoms with Crippen molar-refractivity contribution >= 4 is 34.8 Å². The highest BCUT2D eigenvalue weighted by Gasteiger charge is 2.07. The molecule has 2 heterocycles. The first-order chi connectivity index (χ1) is 12.5. The van der Waals surface area contributed by atoms with Crippen molar-refractivity contribution in [3.05, 3.63) is 64.5 Å². The number of nitrogens with zero attached hydrogens (tertiary/aromatic N) is 3. The van der Waals surface area contributed by atoms with E-state index in [-0.39, 0.29) is 11.8 Å². The number of pyridine rings is 1. The highest BCUT2D eigenvalue weighted by atomic mass is 35.5. The van der Waals surface area contributed by atoms with Crippen molar-refractivity contribution < 1.29 is 9.53 Å². The Bertz CT molecular complexity index is 910. The number of hydrogen-bond donors (Lipinski definition) is 1. The Morgan fingerprint density at radius 1 is 1.23 bits per heavy atom. The highest BCUT2D eigenvalue weighted by Crippen LogP contribution is 2.29. The van der Waals surface area contributed by atoms with Crippen LogP contribution in [0.1, 0.15) is 12.0 Å². The number of aromatic nitrogens is 3. The number of nitrogens with one attached hydrogen (secondary N) is 1. The SMILES string of the molecule is Cc1cnn(CCC(=O)Nc2ccc(Oc3ncc(Cl)cc3Cl)cc2)c1. The molecule has 1 aromatic carbocycles. The highest BCUT2D eigenvalue weighted by molar-refractivity contribution is 6.35. The van der Waals surface area contributed by atoms with Crippen LogP contribution in [0.3, 0.4) is 0 Å². The minimum absolute atomic E-state index is 0.0887. The molecule has 0 atom stereocenters. The maximum absolute atomic E-state index is 12.0. The van der Waals surface area contributed by atoms with Crippen molar-refractivity contribution in [2.24, 2.45) is 0 Å². The summed E-state index contributed by atoms with van der Waals surface area (Å²) in [6, 6.07) is 8.49. The van der Waals surface area contributed by atoms with E-state index in [1.54, 1.807) is 41.2 Å². The standard InChI is InChI=1S/C18H16Cl2N4O2/c1-12-9-22-24(11-12)7-6-17(25)23-14-2-4-15(5-3-14)26-18-16(20)8-13(19)10-21-18/h2-5,8-11H,6-7H2,1H3,(H,23,25). The molecule has 134 valence electrons. The lowest BCUT2D eigenvalue weighted by molar-refractivity contribution is -0.116. The van der Waals surface area contributed by atoms with Gasteiger partial charge in [-0.25, -0.2) is 4.98 Å². The molecule has 0 aliphatic rings. The second-order valence-electron chi connectivity index (χ2n) is 5.65. The molecule has 0 aliphatic heterocycles. The number of anilines is 1. The number of rotatable bonds is 6. The van der Waals surface area contributed by atoms with E-state index in [1.165, 1.54) is 6.20 Å². The largest absolute Gasteiger partial charge is 0.438 e. The molecule has 0 bridgehead atoms. The Hall–Kier alpha value is -2.57. The summed E-state index contributed by atoms with van der Waals surface area (Å²) in [4.78, 5) is 16.1. The van der Waals surface area contributed by atoms with Crippen LogP contribution in [-0.4, -0.2) is 20.7 Å². The normalized spacial score (nSPS) is 10.6. The van der Waals surface area contributed by atoms with Crippen molar-refractivity contribution in [3.8, 4) is 11.6 Å². The minimum Gasteiger partial charge on any atom is -0.438 e. The average Bonchev–Trinajstić information content (AvgIpc) is 3.03. The summed E-state index contributed by atoms with van der Waals surface area (Å²) in [7, 11) is 0. The Morgan fingerprint density at radius 3 is 2.65 bits per heavy atom. The molecule has 3 rings (SSSR count). The van der Waals surface area contributed by atoms with Crippen molar-refractivity contribution in [1.82, 2.24) is 14.8 Å². The molecule has 0 radical (unpaired) electrons. The van der Waals surface area contributed by atoms with Crippen LogP contribution in [0.15, 0.2) is 48.9 Å². The van der Waals surface area contributed by atoms with Gasteiger partial charge in [0.15, 0.2) is 0 Å². The molecule has 8 heteroatoms. The van der Waals surface area contributed by atoms with Gasteiger partial charge in [-0.1, -0.05) is 23.2 Å². The summed E-state index contributed by atoms with van der Waals surface area (Å²) >= 11 is 11.8. The molecule has 0 saturated carbocycles. The summed E-state index contributed by atoms with van der Waals surface area (Å²) in [5.74, 6) is 0.725. The Morgan fingerprint density at radius 2 is 2.00 bits per heavy atom. The first-order valence-corrected chi connectivity index (χ1v) is 8.63. The van der Waals surface area contributed by atoms with Crippen molar-refractivity contribution in [1.29, 1.82) is 0 Å². The Balaban J connectivity index is 1.54. The van der Waals surface area contributed by atoms with Gasteiger partial charge in [0.2, 0.25) is 11.8 Å². The predicted octanol–water partition coefficient (Wildman–Crippen LogP) is 4.71. The van der Waals surface area contributed by atoms with E-state index >= 15 is 0 Å². The molecule has 2 aromatic heterocycles. The van der Waals surface area contributed by atoms with Gasteiger partial charge in [-0.05, 0) is 42.8 Å². The molecule has 6 nitrogen and oxygen atoms in total. The van der Waals surface area contributed by atoms with E-state index in [0.717, 1.165) is 5.56 Å². The summed E-state index contributed by atoms with van der Waals surface area (Å²) < 4.78 is 7.35. The third-order valence-electron chi connectivity index (χ3n) is 3.46. The van der Waals surface area contributed by atoms with Gasteiger partial charge in [-0.2, -0.15) is 5.10 Å². The first kappa shape index (κ1) is 18.2. The van der Waals surface area contributed by atoms with E-state index in [9.17, 15) is 4.79 Å². The fraction of sp³-hybridized carbons (Fsp3) is 0.167. The third-order valence-corrected chi connectivity index (χ3v) is 3.93. The molecule has 1 N–H and O–H groups in total. The number of aryl methyl sites for hydroxylation is 2. The topological polar surface area (TPSA) is 69.0 Å². The minimum atomic E-state index is -0.0887. The lowest BCUT2D eigenvalue weighted by atomic mass is 10.3. The zero-order chi connectivity index (χ0) is 18.5. The molecule has 0 fully saturated rings. The van der Waals surface area contributed by atoms with Crippen LogP contribution in [-0.2, 0) is 11.3 Å². The van der Waals surface area contributed by atoms with Gasteiger partial charge >= 0.3 is 0 Å². The number of hydrogen-bond acceptors (Lipinski definition) is 4. The lowest BCUT2D eigenvalue weighted by Gasteiger charge is -2.09. The molecule has 0 spiro atoms. The Kier molecular flexibility index (Phi) is 5.75. The lowest BCUT2D eigenvalue weighted by Crippen LogP contribution is -2.14. The second-order valence-corrected chi connectivity index (χ2v) is 6.49. The fourth-order valence-corrected chi connectivity index (χ4v) is 2.64. The summed E-state index contributed by atoms with van der Waals surface area (Å²) in [6.45, 7) is 2.49. The maximum atomic E-state index is 12.0. The van der Waals surface area contributed by atoms with Gasteiger partial charge < -0.3 is 10.1 Å². The molecule has 3 aromatic rings. The number of benzene rings is 1. The summed E-state index contributed by atoms with van der Waals surface area (Å²) in [5, 5.41) is 7.75. The monoisotopic (exact) mass is 390 g/mol. The summed E-state index contributed by atoms with van der Waals surface area (Å²) in [6.07, 6.45) is 5.45. The van der Waals surface area contributed by atoms with Crippen LogP contribution in [0.5, 0.6) is 11.6 Å². The maximum Gasteiger partial charge on any atom is 0.238 e. The van der Waals surface area contributed by atoms with E-state index in [4.69, 9.17) is 27.9 Å². The average molecular weight is 391 g/mol. The molecule has 1 amide bonds. The molecule has 0 saturated heterocycles. The van der Waals surface area contributed by atoms with Crippen LogP contribution in [0.2, 0.25) is 10.0 Å². The van der Waals surface area contributed by atoms with Gasteiger partial charge in [-0.15, -0.1) is 0 Å². The van der Waals surface area contributed by atoms with Crippen LogP contribution in [0.4, 0.5) is 5.69 Å². The zero-order valence-corrected chi connectivity index (χ0v) is 15.5. The number of halogens is 2. The van der Waals surface area contributed by atoms with Gasteiger partial charge in [0.1, 0.15) is 10.8 Å². The second kappa shape index (κ2) is 8.21. The van der Waals surface area contributed by atoms with Crippen LogP contribution in [0.25, 0.3) is 0 Å². The zero-order valence-electron chi connectivity index (χ0n) is 13.9. The van der Waals surface area contributed by atoms with Crippen LogP contribution < -0.4 is 10.1 Å². The van der Waals surface area contributed by atoms with Crippen LogP contribution >= 0.6 is 23.2 Å². The number of carbonyl (C=O) groups is 1. The first-order valence-electron chi connectivity index (χ1n) is 7.87. The third kappa shape index (κ3) is 4.97. The molecule has 0 unspecified atom stereocenters. The fourth-order valence-electron chi connectivity index (χ4n) is 2.22. The number of ether oxygens (including phenoxy) is 1. The van der Waals surface area contributed by atoms with E-state index in [0.29, 0.717) is 34.4 Å². The van der Waals surface area contributed by atoms with Crippen LogP contribution in [0, 0.1) is 6.92 Å². The summed E-state index contributed by atoms with van der Waals surface area (Å²) in [5.41, 5.74) is 1.74. The Labute approximate surface area is 160 Å². The molecular formula is C18H16Cl2N4O2. The quantitative estimate of drug-likeness (QED) is 0.661. The van der Waals surface area contributed by atoms with E-state index < -0.39 is 0 Å². The van der Waals surface area contributed by atoms with Gasteiger partial charge in [0.05, 0.1) is 11.2 Å². The van der Waals surface area contributed by atoms with E-state index in [2.05, 4.69) is 15.4 Å². The van der Waals surface area contributed by atoms with Crippen molar-refractivity contribution in [2.75, 3.05) is 5.32 Å². The van der Waals surface area contributed by atoms with Gasteiger partial charge in [0, 0.05) is 31.0 Å². The van der Waals surface area contributed by atoms with Gasteiger partial charge in [-0.3, -0.25) is 9.48 Å². The molecule has 0 aliphatic carbocycles. The number of carbonyl (C=O) groups excluding carboxylic acids is 1. The predicted molar refractivity (Wildman–Crippen MR) is 101 cm³/mol. The van der Waals surface area contributed by atoms with Crippen molar-refractivity contribution in [3.63, 3.8) is 0 Å². The smallest absolute Gasteiger partial charge is 0.238 e. The van der Waals surface area contributed by atoms with Crippen molar-refractivity contribution in [2.45, 2.75) is 19.9 Å².